The molecule has 138 valence electrons. The number of nitro benzene ring substituents is 1. The molecule has 0 aliphatic heterocycles. The van der Waals surface area contributed by atoms with Crippen LogP contribution in [0.1, 0.15) is 42.1 Å². The first kappa shape index (κ1) is 18.4. The molecule has 0 atom stereocenters. The molecule has 0 bridgehead atoms. The van der Waals surface area contributed by atoms with Gasteiger partial charge in [-0.2, -0.15) is 5.10 Å². The predicted octanol–water partition coefficient (Wildman–Crippen LogP) is 4.32. The number of rotatable bonds is 6. The van der Waals surface area contributed by atoms with Crippen LogP contribution in [0.5, 0.6) is 0 Å². The zero-order valence-electron chi connectivity index (χ0n) is 13.7. The average molecular weight is 429 g/mol. The highest BCUT2D eigenvalue weighted by Crippen LogP contribution is 2.45. The van der Waals surface area contributed by atoms with Crippen LogP contribution in [0.3, 0.4) is 0 Å². The van der Waals surface area contributed by atoms with Gasteiger partial charge < -0.3 is 5.32 Å². The van der Waals surface area contributed by atoms with E-state index in [0.29, 0.717) is 11.3 Å². The summed E-state index contributed by atoms with van der Waals surface area (Å²) in [6, 6.07) is 4.43. The number of halogens is 3. The zero-order chi connectivity index (χ0) is 19.0. The normalized spacial score (nSPS) is 13.9. The summed E-state index contributed by atoms with van der Waals surface area (Å²) >= 11 is 3.15. The minimum atomic E-state index is -2.76. The molecule has 1 aliphatic carbocycles. The summed E-state index contributed by atoms with van der Waals surface area (Å²) in [7, 11) is 0. The van der Waals surface area contributed by atoms with Crippen molar-refractivity contribution >= 4 is 33.2 Å². The van der Waals surface area contributed by atoms with Crippen LogP contribution in [0, 0.1) is 17.0 Å². The molecule has 0 spiro atoms. The number of amides is 1. The number of carbonyl (C=O) groups excluding carboxylic acids is 1. The molecule has 26 heavy (non-hydrogen) atoms. The number of nitrogens with one attached hydrogen (secondary N) is 1. The quantitative estimate of drug-likeness (QED) is 0.547. The maximum absolute atomic E-state index is 13.1. The highest BCUT2D eigenvalue weighted by Gasteiger charge is 2.34. The van der Waals surface area contributed by atoms with Crippen LogP contribution in [0.4, 0.5) is 20.2 Å². The fourth-order valence-corrected chi connectivity index (χ4v) is 3.48. The Labute approximate surface area is 155 Å². The van der Waals surface area contributed by atoms with E-state index in [2.05, 4.69) is 26.3 Å². The summed E-state index contributed by atoms with van der Waals surface area (Å²) in [6.45, 7) is 1.40. The van der Waals surface area contributed by atoms with Crippen molar-refractivity contribution in [2.24, 2.45) is 0 Å². The van der Waals surface area contributed by atoms with Gasteiger partial charge in [-0.3, -0.25) is 19.6 Å². The molecule has 2 aromatic rings. The fraction of sp³-hybridized carbons (Fsp3) is 0.375. The molecular weight excluding hydrogens is 414 g/mol. The number of alkyl halides is 2. The molecule has 1 heterocycles. The van der Waals surface area contributed by atoms with Crippen molar-refractivity contribution in [2.75, 3.05) is 5.32 Å². The number of carbonyl (C=O) groups is 1. The number of benzene rings is 1. The number of hydrogen-bond acceptors (Lipinski definition) is 4. The van der Waals surface area contributed by atoms with Gasteiger partial charge in [0, 0.05) is 12.0 Å². The number of hydrogen-bond donors (Lipinski definition) is 1. The van der Waals surface area contributed by atoms with Crippen LogP contribution < -0.4 is 5.32 Å². The molecule has 1 saturated carbocycles. The molecule has 1 aromatic heterocycles. The largest absolute Gasteiger partial charge is 0.319 e. The van der Waals surface area contributed by atoms with E-state index in [1.165, 1.54) is 16.8 Å². The van der Waals surface area contributed by atoms with Crippen LogP contribution >= 0.6 is 15.9 Å². The lowest BCUT2D eigenvalue weighted by Crippen LogP contribution is -2.21. The Morgan fingerprint density at radius 1 is 1.50 bits per heavy atom. The van der Waals surface area contributed by atoms with Gasteiger partial charge in [0.15, 0.2) is 0 Å². The van der Waals surface area contributed by atoms with Gasteiger partial charge in [-0.1, -0.05) is 6.07 Å². The summed E-state index contributed by atoms with van der Waals surface area (Å²) in [5.41, 5.74) is 0.674. The van der Waals surface area contributed by atoms with Crippen LogP contribution in [-0.2, 0) is 11.3 Å². The molecular formula is C16H15BrF2N4O3. The molecule has 1 aliphatic rings. The first-order chi connectivity index (χ1) is 12.3. The lowest BCUT2D eigenvalue weighted by atomic mass is 10.2. The van der Waals surface area contributed by atoms with E-state index in [1.807, 2.05) is 0 Å². The Morgan fingerprint density at radius 2 is 2.19 bits per heavy atom. The Balaban J connectivity index is 1.83. The molecule has 0 saturated heterocycles. The first-order valence-corrected chi connectivity index (χ1v) is 8.66. The second kappa shape index (κ2) is 7.10. The number of nitro groups is 1. The van der Waals surface area contributed by atoms with E-state index < -0.39 is 22.9 Å². The van der Waals surface area contributed by atoms with Gasteiger partial charge in [-0.15, -0.1) is 0 Å². The highest BCUT2D eigenvalue weighted by molar-refractivity contribution is 9.10. The average Bonchev–Trinajstić information content (AvgIpc) is 3.33. The van der Waals surface area contributed by atoms with Crippen LogP contribution in [0.2, 0.25) is 0 Å². The molecule has 1 N–H and O–H groups in total. The third kappa shape index (κ3) is 3.74. The molecule has 0 unspecified atom stereocenters. The van der Waals surface area contributed by atoms with Crippen molar-refractivity contribution in [3.63, 3.8) is 0 Å². The topological polar surface area (TPSA) is 90.1 Å². The maximum atomic E-state index is 13.1. The van der Waals surface area contributed by atoms with Crippen molar-refractivity contribution in [3.05, 3.63) is 49.7 Å². The van der Waals surface area contributed by atoms with E-state index in [1.54, 1.807) is 13.0 Å². The number of aromatic nitrogens is 2. The Morgan fingerprint density at radius 3 is 2.77 bits per heavy atom. The number of aryl methyl sites for hydroxylation is 1. The minimum absolute atomic E-state index is 0.0545. The predicted molar refractivity (Wildman–Crippen MR) is 93.3 cm³/mol. The Kier molecular flexibility index (Phi) is 5.03. The second-order valence-corrected chi connectivity index (χ2v) is 6.94. The third-order valence-corrected chi connectivity index (χ3v) is 4.86. The minimum Gasteiger partial charge on any atom is -0.319 e. The van der Waals surface area contributed by atoms with Crippen molar-refractivity contribution in [2.45, 2.75) is 38.7 Å². The van der Waals surface area contributed by atoms with Gasteiger partial charge in [0.05, 0.1) is 15.1 Å². The van der Waals surface area contributed by atoms with E-state index >= 15 is 0 Å². The van der Waals surface area contributed by atoms with E-state index in [-0.39, 0.29) is 28.3 Å². The summed E-state index contributed by atoms with van der Waals surface area (Å²) < 4.78 is 27.6. The van der Waals surface area contributed by atoms with E-state index in [4.69, 9.17) is 0 Å². The van der Waals surface area contributed by atoms with Gasteiger partial charge in [-0.25, -0.2) is 8.78 Å². The fourth-order valence-electron chi connectivity index (χ4n) is 2.70. The molecule has 10 heteroatoms. The summed E-state index contributed by atoms with van der Waals surface area (Å²) in [5, 5.41) is 17.5. The Hall–Kier alpha value is -2.36. The molecule has 0 radical (unpaired) electrons. The van der Waals surface area contributed by atoms with E-state index in [9.17, 15) is 23.7 Å². The smallest absolute Gasteiger partial charge is 0.293 e. The van der Waals surface area contributed by atoms with Crippen LogP contribution in [0.15, 0.2) is 22.7 Å². The molecule has 7 nitrogen and oxygen atoms in total. The van der Waals surface area contributed by atoms with Crippen molar-refractivity contribution in [3.8, 4) is 0 Å². The van der Waals surface area contributed by atoms with Gasteiger partial charge in [-0.05, 0) is 47.3 Å². The molecule has 3 rings (SSSR count). The zero-order valence-corrected chi connectivity index (χ0v) is 15.3. The molecule has 1 aromatic carbocycles. The van der Waals surface area contributed by atoms with Crippen molar-refractivity contribution < 1.29 is 18.5 Å². The van der Waals surface area contributed by atoms with Gasteiger partial charge in [0.2, 0.25) is 5.91 Å². The van der Waals surface area contributed by atoms with Gasteiger partial charge in [0.25, 0.3) is 12.1 Å². The lowest BCUT2D eigenvalue weighted by molar-refractivity contribution is -0.384. The monoisotopic (exact) mass is 428 g/mol. The van der Waals surface area contributed by atoms with Gasteiger partial charge >= 0.3 is 0 Å². The summed E-state index contributed by atoms with van der Waals surface area (Å²) in [4.78, 5) is 22.9. The van der Waals surface area contributed by atoms with E-state index in [0.717, 1.165) is 12.8 Å². The molecule has 1 amide bonds. The summed E-state index contributed by atoms with van der Waals surface area (Å²) in [5.74, 6) is -0.486. The third-order valence-electron chi connectivity index (χ3n) is 4.04. The Bertz CT molecular complexity index is 881. The standard InChI is InChI=1S/C16H15BrF2N4O3/c1-8-2-5-10(11(6-8)23(25)26)20-12(24)7-22-15(9-3-4-9)13(17)14(21-22)16(18)19/h2,5-6,9,16H,3-4,7H2,1H3,(H,20,24). The number of nitrogens with zero attached hydrogens (tertiary/aromatic N) is 3. The molecule has 1 fully saturated rings. The SMILES string of the molecule is Cc1ccc(NC(=O)Cn2nc(C(F)F)c(Br)c2C2CC2)c([N+](=O)[O-])c1. The highest BCUT2D eigenvalue weighted by atomic mass is 79.9. The van der Waals surface area contributed by atoms with Crippen LogP contribution in [0.25, 0.3) is 0 Å². The van der Waals surface area contributed by atoms with Crippen molar-refractivity contribution in [1.29, 1.82) is 0 Å². The maximum Gasteiger partial charge on any atom is 0.293 e. The lowest BCUT2D eigenvalue weighted by Gasteiger charge is -2.09. The summed E-state index contributed by atoms with van der Waals surface area (Å²) in [6.07, 6.45) is -1.07. The van der Waals surface area contributed by atoms with Crippen molar-refractivity contribution in [1.82, 2.24) is 9.78 Å². The first-order valence-electron chi connectivity index (χ1n) is 7.87. The van der Waals surface area contributed by atoms with Gasteiger partial charge in [0.1, 0.15) is 17.9 Å². The number of anilines is 1. The van der Waals surface area contributed by atoms with Crippen LogP contribution in [-0.4, -0.2) is 20.6 Å². The second-order valence-electron chi connectivity index (χ2n) is 6.14.